The van der Waals surface area contributed by atoms with Gasteiger partial charge in [-0.15, -0.1) is 0 Å². The van der Waals surface area contributed by atoms with E-state index < -0.39 is 0 Å². The van der Waals surface area contributed by atoms with Crippen LogP contribution >= 0.6 is 23.2 Å². The molecule has 1 aliphatic carbocycles. The normalized spacial score (nSPS) is 15.7. The molecular formula is C13H16Cl2N2O. The lowest BCUT2D eigenvalue weighted by molar-refractivity contribution is -0.120. The van der Waals surface area contributed by atoms with Crippen LogP contribution in [0.25, 0.3) is 0 Å². The van der Waals surface area contributed by atoms with Gasteiger partial charge in [-0.3, -0.25) is 4.79 Å². The molecule has 2 rings (SSSR count). The van der Waals surface area contributed by atoms with Gasteiger partial charge in [-0.2, -0.15) is 0 Å². The zero-order valence-electron chi connectivity index (χ0n) is 10.0. The maximum absolute atomic E-state index is 11.7. The predicted molar refractivity (Wildman–Crippen MR) is 75.4 cm³/mol. The molecule has 1 saturated carbocycles. The first-order valence-corrected chi connectivity index (χ1v) is 6.88. The summed E-state index contributed by atoms with van der Waals surface area (Å²) in [4.78, 5) is 11.7. The van der Waals surface area contributed by atoms with Crippen molar-refractivity contribution in [2.45, 2.75) is 31.7 Å². The Morgan fingerprint density at radius 1 is 1.17 bits per heavy atom. The quantitative estimate of drug-likeness (QED) is 0.890. The van der Waals surface area contributed by atoms with Gasteiger partial charge in [0.05, 0.1) is 6.54 Å². The van der Waals surface area contributed by atoms with Gasteiger partial charge in [0.1, 0.15) is 0 Å². The summed E-state index contributed by atoms with van der Waals surface area (Å²) in [6.07, 6.45) is 4.61. The van der Waals surface area contributed by atoms with Crippen molar-refractivity contribution in [1.82, 2.24) is 5.32 Å². The van der Waals surface area contributed by atoms with Crippen LogP contribution in [0.2, 0.25) is 10.0 Å². The Morgan fingerprint density at radius 2 is 1.78 bits per heavy atom. The van der Waals surface area contributed by atoms with Crippen molar-refractivity contribution < 1.29 is 4.79 Å². The van der Waals surface area contributed by atoms with Crippen molar-refractivity contribution in [3.05, 3.63) is 28.2 Å². The van der Waals surface area contributed by atoms with Crippen LogP contribution < -0.4 is 10.6 Å². The lowest BCUT2D eigenvalue weighted by Gasteiger charge is -2.13. The average molecular weight is 287 g/mol. The SMILES string of the molecule is O=C(CNc1cc(Cl)cc(Cl)c1)NC1CCCC1. The fourth-order valence-electron chi connectivity index (χ4n) is 2.19. The molecule has 1 amide bonds. The number of carbonyl (C=O) groups excluding carboxylic acids is 1. The third-order valence-corrected chi connectivity index (χ3v) is 3.47. The lowest BCUT2D eigenvalue weighted by Crippen LogP contribution is -2.36. The van der Waals surface area contributed by atoms with E-state index in [4.69, 9.17) is 23.2 Å². The van der Waals surface area contributed by atoms with Gasteiger partial charge < -0.3 is 10.6 Å². The van der Waals surface area contributed by atoms with E-state index in [0.717, 1.165) is 18.5 Å². The van der Waals surface area contributed by atoms with E-state index in [-0.39, 0.29) is 12.5 Å². The first-order chi connectivity index (χ1) is 8.63. The van der Waals surface area contributed by atoms with Gasteiger partial charge in [-0.1, -0.05) is 36.0 Å². The van der Waals surface area contributed by atoms with Crippen LogP contribution in [-0.4, -0.2) is 18.5 Å². The van der Waals surface area contributed by atoms with Crippen molar-refractivity contribution >= 4 is 34.8 Å². The van der Waals surface area contributed by atoms with Crippen LogP contribution in [0.15, 0.2) is 18.2 Å². The van der Waals surface area contributed by atoms with E-state index in [1.54, 1.807) is 18.2 Å². The molecular weight excluding hydrogens is 271 g/mol. The third-order valence-electron chi connectivity index (χ3n) is 3.04. The molecule has 0 radical (unpaired) electrons. The molecule has 0 saturated heterocycles. The van der Waals surface area contributed by atoms with Crippen molar-refractivity contribution in [2.75, 3.05) is 11.9 Å². The van der Waals surface area contributed by atoms with E-state index in [1.165, 1.54) is 12.8 Å². The summed E-state index contributed by atoms with van der Waals surface area (Å²) in [7, 11) is 0. The highest BCUT2D eigenvalue weighted by Crippen LogP contribution is 2.22. The van der Waals surface area contributed by atoms with Crippen LogP contribution in [0.3, 0.4) is 0 Å². The smallest absolute Gasteiger partial charge is 0.239 e. The van der Waals surface area contributed by atoms with Gasteiger partial charge in [0.25, 0.3) is 0 Å². The largest absolute Gasteiger partial charge is 0.376 e. The van der Waals surface area contributed by atoms with Gasteiger partial charge in [-0.25, -0.2) is 0 Å². The molecule has 0 aliphatic heterocycles. The first kappa shape index (κ1) is 13.5. The Morgan fingerprint density at radius 3 is 2.39 bits per heavy atom. The standard InChI is InChI=1S/C13H16Cl2N2O/c14-9-5-10(15)7-12(6-9)16-8-13(18)17-11-3-1-2-4-11/h5-7,11,16H,1-4,8H2,(H,17,18). The molecule has 2 N–H and O–H groups in total. The molecule has 0 spiro atoms. The summed E-state index contributed by atoms with van der Waals surface area (Å²) < 4.78 is 0. The van der Waals surface area contributed by atoms with Crippen molar-refractivity contribution in [1.29, 1.82) is 0 Å². The lowest BCUT2D eigenvalue weighted by atomic mass is 10.2. The summed E-state index contributed by atoms with van der Waals surface area (Å²) >= 11 is 11.8. The Hall–Kier alpha value is -0.930. The minimum absolute atomic E-state index is 0.0120. The average Bonchev–Trinajstić information content (AvgIpc) is 2.78. The van der Waals surface area contributed by atoms with Gasteiger partial charge in [0.2, 0.25) is 5.91 Å². The highest BCUT2D eigenvalue weighted by Gasteiger charge is 2.16. The number of carbonyl (C=O) groups is 1. The topological polar surface area (TPSA) is 41.1 Å². The van der Waals surface area contributed by atoms with Crippen LogP contribution in [0, 0.1) is 0 Å². The molecule has 0 bridgehead atoms. The maximum atomic E-state index is 11.7. The van der Waals surface area contributed by atoms with Crippen LogP contribution in [0.4, 0.5) is 5.69 Å². The second-order valence-corrected chi connectivity index (χ2v) is 5.43. The Bertz CT molecular complexity index is 411. The number of amides is 1. The molecule has 0 unspecified atom stereocenters. The van der Waals surface area contributed by atoms with E-state index in [0.29, 0.717) is 16.1 Å². The number of nitrogens with one attached hydrogen (secondary N) is 2. The second kappa shape index (κ2) is 6.30. The summed E-state index contributed by atoms with van der Waals surface area (Å²) in [6, 6.07) is 5.50. The molecule has 1 aliphatic rings. The fraction of sp³-hybridized carbons (Fsp3) is 0.462. The first-order valence-electron chi connectivity index (χ1n) is 6.13. The number of hydrogen-bond donors (Lipinski definition) is 2. The molecule has 18 heavy (non-hydrogen) atoms. The minimum Gasteiger partial charge on any atom is -0.376 e. The highest BCUT2D eigenvalue weighted by molar-refractivity contribution is 6.35. The number of benzene rings is 1. The number of anilines is 1. The van der Waals surface area contributed by atoms with Crippen LogP contribution in [-0.2, 0) is 4.79 Å². The number of hydrogen-bond acceptors (Lipinski definition) is 2. The van der Waals surface area contributed by atoms with Gasteiger partial charge in [0.15, 0.2) is 0 Å². The summed E-state index contributed by atoms with van der Waals surface area (Å²) in [5.41, 5.74) is 0.758. The predicted octanol–water partition coefficient (Wildman–Crippen LogP) is 3.46. The summed E-state index contributed by atoms with van der Waals surface area (Å²) in [5, 5.41) is 7.14. The zero-order chi connectivity index (χ0) is 13.0. The summed E-state index contributed by atoms with van der Waals surface area (Å²) in [6.45, 7) is 0.243. The van der Waals surface area contributed by atoms with E-state index in [2.05, 4.69) is 10.6 Å². The zero-order valence-corrected chi connectivity index (χ0v) is 11.5. The number of halogens is 2. The van der Waals surface area contributed by atoms with Crippen molar-refractivity contribution in [3.63, 3.8) is 0 Å². The van der Waals surface area contributed by atoms with Gasteiger partial charge in [-0.05, 0) is 31.0 Å². The molecule has 0 heterocycles. The van der Waals surface area contributed by atoms with E-state index in [1.807, 2.05) is 0 Å². The minimum atomic E-state index is 0.0120. The molecule has 3 nitrogen and oxygen atoms in total. The van der Waals surface area contributed by atoms with Crippen LogP contribution in [0.1, 0.15) is 25.7 Å². The molecule has 0 atom stereocenters. The molecule has 1 aromatic carbocycles. The maximum Gasteiger partial charge on any atom is 0.239 e. The van der Waals surface area contributed by atoms with Crippen LogP contribution in [0.5, 0.6) is 0 Å². The number of rotatable bonds is 4. The van der Waals surface area contributed by atoms with E-state index in [9.17, 15) is 4.79 Å². The summed E-state index contributed by atoms with van der Waals surface area (Å²) in [5.74, 6) is 0.0120. The molecule has 1 fully saturated rings. The Labute approximate surface area is 117 Å². The van der Waals surface area contributed by atoms with Gasteiger partial charge >= 0.3 is 0 Å². The van der Waals surface area contributed by atoms with Crippen molar-refractivity contribution in [2.24, 2.45) is 0 Å². The molecule has 98 valence electrons. The van der Waals surface area contributed by atoms with Gasteiger partial charge in [0, 0.05) is 21.8 Å². The molecule has 1 aromatic rings. The highest BCUT2D eigenvalue weighted by atomic mass is 35.5. The molecule has 0 aromatic heterocycles. The van der Waals surface area contributed by atoms with E-state index >= 15 is 0 Å². The second-order valence-electron chi connectivity index (χ2n) is 4.56. The molecule has 5 heteroatoms. The van der Waals surface area contributed by atoms with Crippen molar-refractivity contribution in [3.8, 4) is 0 Å². The Balaban J connectivity index is 1.81. The third kappa shape index (κ3) is 4.07. The monoisotopic (exact) mass is 286 g/mol. The fourth-order valence-corrected chi connectivity index (χ4v) is 2.71. The Kier molecular flexibility index (Phi) is 4.72.